The Bertz CT molecular complexity index is 632. The molecule has 0 aliphatic heterocycles. The lowest BCUT2D eigenvalue weighted by Gasteiger charge is -2.11. The van der Waals surface area contributed by atoms with Crippen molar-refractivity contribution in [3.05, 3.63) is 41.1 Å². The second-order valence-corrected chi connectivity index (χ2v) is 5.76. The van der Waals surface area contributed by atoms with Crippen LogP contribution in [0.4, 0.5) is 11.5 Å². The first-order valence-electron chi connectivity index (χ1n) is 6.55. The Hall–Kier alpha value is -2.08. The first-order valence-corrected chi connectivity index (χ1v) is 7.54. The molecule has 1 heterocycles. The standard InChI is InChI=1S/C15H18N4OS/c1-9-5-4-6-10(2)14(9)19-13(20)8-21-15-17-11(3)7-12(16)18-15/h4-7H,8H2,1-3H3,(H,19,20)(H2,16,17,18). The number of nitrogens with one attached hydrogen (secondary N) is 1. The smallest absolute Gasteiger partial charge is 0.234 e. The van der Waals surface area contributed by atoms with Gasteiger partial charge in [-0.15, -0.1) is 0 Å². The largest absolute Gasteiger partial charge is 0.384 e. The molecule has 0 aliphatic rings. The molecule has 1 aromatic heterocycles. The number of carbonyl (C=O) groups excluding carboxylic acids is 1. The van der Waals surface area contributed by atoms with E-state index in [9.17, 15) is 4.79 Å². The number of aryl methyl sites for hydroxylation is 3. The molecule has 0 spiro atoms. The average molecular weight is 302 g/mol. The van der Waals surface area contributed by atoms with Crippen LogP contribution in [0, 0.1) is 20.8 Å². The van der Waals surface area contributed by atoms with Gasteiger partial charge in [-0.05, 0) is 31.9 Å². The monoisotopic (exact) mass is 302 g/mol. The summed E-state index contributed by atoms with van der Waals surface area (Å²) in [5.74, 6) is 0.581. The molecule has 0 radical (unpaired) electrons. The number of aromatic nitrogens is 2. The van der Waals surface area contributed by atoms with Gasteiger partial charge >= 0.3 is 0 Å². The van der Waals surface area contributed by atoms with Gasteiger partial charge < -0.3 is 11.1 Å². The molecular weight excluding hydrogens is 284 g/mol. The van der Waals surface area contributed by atoms with E-state index in [1.54, 1.807) is 6.07 Å². The summed E-state index contributed by atoms with van der Waals surface area (Å²) in [6, 6.07) is 7.61. The van der Waals surface area contributed by atoms with Crippen LogP contribution in [0.2, 0.25) is 0 Å². The Morgan fingerprint density at radius 2 is 1.90 bits per heavy atom. The van der Waals surface area contributed by atoms with Crippen molar-refractivity contribution in [2.24, 2.45) is 0 Å². The fourth-order valence-electron chi connectivity index (χ4n) is 1.95. The summed E-state index contributed by atoms with van der Waals surface area (Å²) in [7, 11) is 0. The summed E-state index contributed by atoms with van der Waals surface area (Å²) >= 11 is 1.27. The van der Waals surface area contributed by atoms with Gasteiger partial charge in [0.1, 0.15) is 5.82 Å². The molecule has 6 heteroatoms. The number of hydrogen-bond donors (Lipinski definition) is 2. The van der Waals surface area contributed by atoms with E-state index in [2.05, 4.69) is 15.3 Å². The van der Waals surface area contributed by atoms with E-state index in [0.717, 1.165) is 22.5 Å². The summed E-state index contributed by atoms with van der Waals surface area (Å²) in [6.45, 7) is 5.79. The van der Waals surface area contributed by atoms with Crippen LogP contribution in [0.3, 0.4) is 0 Å². The van der Waals surface area contributed by atoms with Crippen LogP contribution in [-0.2, 0) is 4.79 Å². The van der Waals surface area contributed by atoms with E-state index in [4.69, 9.17) is 5.73 Å². The van der Waals surface area contributed by atoms with Crippen LogP contribution in [0.1, 0.15) is 16.8 Å². The first kappa shape index (κ1) is 15.3. The molecule has 2 rings (SSSR count). The Morgan fingerprint density at radius 3 is 2.52 bits per heavy atom. The zero-order chi connectivity index (χ0) is 15.4. The Labute approximate surface area is 128 Å². The molecule has 0 aliphatic carbocycles. The molecule has 0 atom stereocenters. The highest BCUT2D eigenvalue weighted by Crippen LogP contribution is 2.20. The lowest BCUT2D eigenvalue weighted by Crippen LogP contribution is -2.16. The second-order valence-electron chi connectivity index (χ2n) is 4.82. The van der Waals surface area contributed by atoms with Gasteiger partial charge in [0, 0.05) is 17.4 Å². The van der Waals surface area contributed by atoms with Crippen LogP contribution in [0.15, 0.2) is 29.4 Å². The number of benzene rings is 1. The molecule has 2 aromatic rings. The number of thioether (sulfide) groups is 1. The Morgan fingerprint density at radius 1 is 1.24 bits per heavy atom. The quantitative estimate of drug-likeness (QED) is 0.670. The normalized spacial score (nSPS) is 10.4. The fourth-order valence-corrected chi connectivity index (χ4v) is 2.66. The number of para-hydroxylation sites is 1. The van der Waals surface area contributed by atoms with E-state index < -0.39 is 0 Å². The van der Waals surface area contributed by atoms with Gasteiger partial charge in [-0.2, -0.15) is 0 Å². The van der Waals surface area contributed by atoms with Crippen LogP contribution >= 0.6 is 11.8 Å². The molecule has 3 N–H and O–H groups in total. The second kappa shape index (κ2) is 6.58. The van der Waals surface area contributed by atoms with Gasteiger partial charge in [0.2, 0.25) is 5.91 Å². The van der Waals surface area contributed by atoms with Crippen molar-refractivity contribution in [2.45, 2.75) is 25.9 Å². The minimum absolute atomic E-state index is 0.0823. The number of anilines is 2. The molecule has 0 unspecified atom stereocenters. The summed E-state index contributed by atoms with van der Waals surface area (Å²) < 4.78 is 0. The van der Waals surface area contributed by atoms with Gasteiger partial charge in [-0.3, -0.25) is 4.79 Å². The molecule has 5 nitrogen and oxygen atoms in total. The lowest BCUT2D eigenvalue weighted by atomic mass is 10.1. The van der Waals surface area contributed by atoms with Crippen LogP contribution in [0.5, 0.6) is 0 Å². The number of hydrogen-bond acceptors (Lipinski definition) is 5. The number of rotatable bonds is 4. The highest BCUT2D eigenvalue weighted by Gasteiger charge is 2.09. The molecule has 21 heavy (non-hydrogen) atoms. The van der Waals surface area contributed by atoms with Gasteiger partial charge in [0.05, 0.1) is 5.75 Å². The number of nitrogens with two attached hydrogens (primary N) is 1. The van der Waals surface area contributed by atoms with Crippen molar-refractivity contribution in [3.63, 3.8) is 0 Å². The number of amides is 1. The predicted octanol–water partition coefficient (Wildman–Crippen LogP) is 2.71. The highest BCUT2D eigenvalue weighted by atomic mass is 32.2. The SMILES string of the molecule is Cc1cc(N)nc(SCC(=O)Nc2c(C)cccc2C)n1. The minimum atomic E-state index is -0.0823. The molecule has 0 saturated heterocycles. The Balaban J connectivity index is 1.99. The van der Waals surface area contributed by atoms with E-state index in [1.165, 1.54) is 11.8 Å². The average Bonchev–Trinajstić information content (AvgIpc) is 2.40. The van der Waals surface area contributed by atoms with E-state index in [-0.39, 0.29) is 11.7 Å². The summed E-state index contributed by atoms with van der Waals surface area (Å²) in [5, 5.41) is 3.45. The minimum Gasteiger partial charge on any atom is -0.384 e. The maximum Gasteiger partial charge on any atom is 0.234 e. The Kier molecular flexibility index (Phi) is 4.80. The van der Waals surface area contributed by atoms with Crippen molar-refractivity contribution in [1.29, 1.82) is 0 Å². The number of carbonyl (C=O) groups is 1. The van der Waals surface area contributed by atoms with Crippen molar-refractivity contribution in [3.8, 4) is 0 Å². The van der Waals surface area contributed by atoms with E-state index in [0.29, 0.717) is 11.0 Å². The third-order valence-corrected chi connectivity index (χ3v) is 3.78. The van der Waals surface area contributed by atoms with Crippen LogP contribution in [-0.4, -0.2) is 21.6 Å². The maximum absolute atomic E-state index is 12.0. The number of nitrogen functional groups attached to an aromatic ring is 1. The highest BCUT2D eigenvalue weighted by molar-refractivity contribution is 7.99. The molecular formula is C15H18N4OS. The topological polar surface area (TPSA) is 80.9 Å². The van der Waals surface area contributed by atoms with Gasteiger partial charge in [-0.25, -0.2) is 9.97 Å². The van der Waals surface area contributed by atoms with E-state index in [1.807, 2.05) is 39.0 Å². The third kappa shape index (κ3) is 4.19. The third-order valence-electron chi connectivity index (χ3n) is 2.93. The molecule has 0 bridgehead atoms. The predicted molar refractivity (Wildman–Crippen MR) is 86.5 cm³/mol. The summed E-state index contributed by atoms with van der Waals surface area (Å²) in [4.78, 5) is 20.4. The van der Waals surface area contributed by atoms with Crippen molar-refractivity contribution in [2.75, 3.05) is 16.8 Å². The molecule has 110 valence electrons. The lowest BCUT2D eigenvalue weighted by molar-refractivity contribution is -0.113. The zero-order valence-corrected chi connectivity index (χ0v) is 13.1. The summed E-state index contributed by atoms with van der Waals surface area (Å²) in [5.41, 5.74) is 9.42. The maximum atomic E-state index is 12.0. The van der Waals surface area contributed by atoms with E-state index >= 15 is 0 Å². The van der Waals surface area contributed by atoms with Crippen molar-refractivity contribution < 1.29 is 4.79 Å². The zero-order valence-electron chi connectivity index (χ0n) is 12.3. The molecule has 0 fully saturated rings. The van der Waals surface area contributed by atoms with Gasteiger partial charge in [0.15, 0.2) is 5.16 Å². The van der Waals surface area contributed by atoms with Crippen molar-refractivity contribution >= 4 is 29.2 Å². The van der Waals surface area contributed by atoms with Gasteiger partial charge in [0.25, 0.3) is 0 Å². The fraction of sp³-hybridized carbons (Fsp3) is 0.267. The van der Waals surface area contributed by atoms with Crippen molar-refractivity contribution in [1.82, 2.24) is 9.97 Å². The van der Waals surface area contributed by atoms with Gasteiger partial charge in [-0.1, -0.05) is 30.0 Å². The van der Waals surface area contributed by atoms with Crippen LogP contribution in [0.25, 0.3) is 0 Å². The number of nitrogens with zero attached hydrogens (tertiary/aromatic N) is 2. The molecule has 1 amide bonds. The summed E-state index contributed by atoms with van der Waals surface area (Å²) in [6.07, 6.45) is 0. The molecule has 1 aromatic carbocycles. The molecule has 0 saturated carbocycles. The van der Waals surface area contributed by atoms with Crippen LogP contribution < -0.4 is 11.1 Å². The first-order chi connectivity index (χ1) is 9.95.